The molecule has 0 saturated heterocycles. The van der Waals surface area contributed by atoms with Crippen LogP contribution in [0.2, 0.25) is 0 Å². The van der Waals surface area contributed by atoms with Crippen molar-refractivity contribution in [1.82, 2.24) is 5.32 Å². The number of carbonyl (C=O) groups is 1. The van der Waals surface area contributed by atoms with Gasteiger partial charge in [-0.05, 0) is 29.7 Å². The third-order valence-corrected chi connectivity index (χ3v) is 3.69. The number of benzene rings is 2. The van der Waals surface area contributed by atoms with E-state index in [0.29, 0.717) is 13.0 Å². The van der Waals surface area contributed by atoms with Crippen LogP contribution in [0.15, 0.2) is 42.5 Å². The zero-order valence-electron chi connectivity index (χ0n) is 13.0. The summed E-state index contributed by atoms with van der Waals surface area (Å²) in [6.07, 6.45) is 0.159. The van der Waals surface area contributed by atoms with Gasteiger partial charge in [-0.25, -0.2) is 0 Å². The van der Waals surface area contributed by atoms with Crippen molar-refractivity contribution in [2.45, 2.75) is 12.7 Å². The average molecular weight is 300 g/mol. The summed E-state index contributed by atoms with van der Waals surface area (Å²) in [5, 5.41) is 5.14. The molecule has 4 nitrogen and oxygen atoms in total. The first-order valence-corrected chi connectivity index (χ1v) is 7.28. The first kappa shape index (κ1) is 16.5. The fourth-order valence-corrected chi connectivity index (χ4v) is 2.42. The molecular formula is C18H22NO3. The van der Waals surface area contributed by atoms with E-state index in [9.17, 15) is 4.79 Å². The monoisotopic (exact) mass is 300 g/mol. The Labute approximate surface area is 131 Å². The van der Waals surface area contributed by atoms with Gasteiger partial charge < -0.3 is 14.8 Å². The molecule has 1 unspecified atom stereocenters. The summed E-state index contributed by atoms with van der Waals surface area (Å²) in [5.41, 5.74) is 1.13. The Kier molecular flexibility index (Phi) is 5.92. The molecule has 0 saturated carbocycles. The molecule has 2 aromatic carbocycles. The molecule has 1 amide bonds. The largest absolute Gasteiger partial charge is 0.354 e. The highest BCUT2D eigenvalue weighted by Gasteiger charge is 2.16. The smallest absolute Gasteiger partial charge is 0.223 e. The number of carbonyl (C=O) groups excluding carboxylic acids is 1. The second-order valence-corrected chi connectivity index (χ2v) is 5.19. The molecule has 0 aliphatic carbocycles. The van der Waals surface area contributed by atoms with Crippen LogP contribution in [0.1, 0.15) is 5.56 Å². The zero-order valence-corrected chi connectivity index (χ0v) is 13.0. The van der Waals surface area contributed by atoms with Gasteiger partial charge in [0.15, 0.2) is 6.29 Å². The summed E-state index contributed by atoms with van der Waals surface area (Å²) < 4.78 is 10.1. The van der Waals surface area contributed by atoms with E-state index in [2.05, 4.69) is 30.4 Å². The van der Waals surface area contributed by atoms with Gasteiger partial charge in [0.1, 0.15) is 0 Å². The number of hydrogen-bond acceptors (Lipinski definition) is 3. The third-order valence-electron chi connectivity index (χ3n) is 3.69. The second-order valence-electron chi connectivity index (χ2n) is 5.19. The van der Waals surface area contributed by atoms with Gasteiger partial charge in [0.05, 0.1) is 6.54 Å². The molecule has 1 radical (unpaired) electrons. The van der Waals surface area contributed by atoms with Gasteiger partial charge in [0.2, 0.25) is 5.91 Å². The molecule has 0 aliphatic rings. The van der Waals surface area contributed by atoms with E-state index in [-0.39, 0.29) is 11.8 Å². The Balaban J connectivity index is 2.01. The molecule has 0 heterocycles. The molecule has 117 valence electrons. The van der Waals surface area contributed by atoms with Crippen LogP contribution in [-0.2, 0) is 20.7 Å². The molecule has 0 aromatic heterocycles. The summed E-state index contributed by atoms with van der Waals surface area (Å²) in [4.78, 5) is 12.1. The maximum absolute atomic E-state index is 12.1. The van der Waals surface area contributed by atoms with Crippen molar-refractivity contribution in [1.29, 1.82) is 0 Å². The highest BCUT2D eigenvalue weighted by Crippen LogP contribution is 2.21. The van der Waals surface area contributed by atoms with Crippen LogP contribution in [0.4, 0.5) is 0 Å². The van der Waals surface area contributed by atoms with Gasteiger partial charge in [-0.15, -0.1) is 0 Å². The lowest BCUT2D eigenvalue weighted by molar-refractivity contribution is -0.129. The van der Waals surface area contributed by atoms with E-state index in [1.165, 1.54) is 19.6 Å². The number of ether oxygens (including phenoxy) is 2. The van der Waals surface area contributed by atoms with Crippen LogP contribution in [0.5, 0.6) is 0 Å². The van der Waals surface area contributed by atoms with Crippen molar-refractivity contribution in [3.8, 4) is 0 Å². The molecule has 0 aliphatic heterocycles. The topological polar surface area (TPSA) is 47.6 Å². The van der Waals surface area contributed by atoms with Crippen molar-refractivity contribution >= 4 is 16.7 Å². The predicted octanol–water partition coefficient (Wildman–Crippen LogP) is 2.57. The summed E-state index contributed by atoms with van der Waals surface area (Å²) in [7, 11) is 3.08. The lowest BCUT2D eigenvalue weighted by Gasteiger charge is -2.17. The van der Waals surface area contributed by atoms with Crippen LogP contribution in [0, 0.1) is 12.8 Å². The van der Waals surface area contributed by atoms with Crippen molar-refractivity contribution in [2.24, 2.45) is 5.92 Å². The fraction of sp³-hybridized carbons (Fsp3) is 0.333. The van der Waals surface area contributed by atoms with E-state index in [1.54, 1.807) is 0 Å². The maximum Gasteiger partial charge on any atom is 0.223 e. The van der Waals surface area contributed by atoms with Crippen LogP contribution in [-0.4, -0.2) is 33.0 Å². The fourth-order valence-electron chi connectivity index (χ4n) is 2.42. The molecule has 0 spiro atoms. The lowest BCUT2D eigenvalue weighted by Crippen LogP contribution is -2.37. The van der Waals surface area contributed by atoms with Gasteiger partial charge in [-0.3, -0.25) is 4.79 Å². The Morgan fingerprint density at radius 1 is 1.14 bits per heavy atom. The number of methoxy groups -OCH3 is 2. The maximum atomic E-state index is 12.1. The van der Waals surface area contributed by atoms with Gasteiger partial charge in [0.25, 0.3) is 0 Å². The Morgan fingerprint density at radius 3 is 2.55 bits per heavy atom. The first-order chi connectivity index (χ1) is 10.7. The van der Waals surface area contributed by atoms with Gasteiger partial charge in [-0.2, -0.15) is 0 Å². The number of amides is 1. The van der Waals surface area contributed by atoms with Gasteiger partial charge >= 0.3 is 0 Å². The van der Waals surface area contributed by atoms with E-state index < -0.39 is 6.29 Å². The first-order valence-electron chi connectivity index (χ1n) is 7.28. The standard InChI is InChI=1S/C18H22NO3/c1-13(18(20)19-12-17(21-2)22-3)11-15-9-6-8-14-7-4-5-10-16(14)15/h4-10,13,17H,1,11-12H2,2-3H3,(H,19,20). The molecular weight excluding hydrogens is 278 g/mol. The number of rotatable bonds is 7. The minimum Gasteiger partial charge on any atom is -0.354 e. The summed E-state index contributed by atoms with van der Waals surface area (Å²) in [6, 6.07) is 14.3. The summed E-state index contributed by atoms with van der Waals surface area (Å²) in [6.45, 7) is 4.29. The predicted molar refractivity (Wildman–Crippen MR) is 87.3 cm³/mol. The van der Waals surface area contributed by atoms with Crippen LogP contribution in [0.3, 0.4) is 0 Å². The summed E-state index contributed by atoms with van der Waals surface area (Å²) in [5.74, 6) is -0.466. The zero-order chi connectivity index (χ0) is 15.9. The van der Waals surface area contributed by atoms with Crippen molar-refractivity contribution in [3.05, 3.63) is 55.0 Å². The summed E-state index contributed by atoms with van der Waals surface area (Å²) >= 11 is 0. The van der Waals surface area contributed by atoms with Crippen LogP contribution in [0.25, 0.3) is 10.8 Å². The van der Waals surface area contributed by atoms with Crippen LogP contribution >= 0.6 is 0 Å². The Hall–Kier alpha value is -1.91. The molecule has 1 atom stereocenters. The number of fused-ring (bicyclic) bond motifs is 1. The van der Waals surface area contributed by atoms with Crippen molar-refractivity contribution in [2.75, 3.05) is 20.8 Å². The Bertz CT molecular complexity index is 617. The highest BCUT2D eigenvalue weighted by molar-refractivity contribution is 5.87. The van der Waals surface area contributed by atoms with E-state index in [1.807, 2.05) is 24.3 Å². The lowest BCUT2D eigenvalue weighted by atomic mass is 9.95. The normalized spacial score (nSPS) is 12.5. The van der Waals surface area contributed by atoms with E-state index >= 15 is 0 Å². The van der Waals surface area contributed by atoms with E-state index in [4.69, 9.17) is 9.47 Å². The third kappa shape index (κ3) is 4.06. The van der Waals surface area contributed by atoms with Crippen LogP contribution < -0.4 is 5.32 Å². The molecule has 0 fully saturated rings. The molecule has 2 aromatic rings. The average Bonchev–Trinajstić information content (AvgIpc) is 2.56. The quantitative estimate of drug-likeness (QED) is 0.800. The Morgan fingerprint density at radius 2 is 1.82 bits per heavy atom. The molecule has 2 rings (SSSR count). The minimum absolute atomic E-state index is 0.105. The van der Waals surface area contributed by atoms with Crippen molar-refractivity contribution in [3.63, 3.8) is 0 Å². The van der Waals surface area contributed by atoms with Crippen molar-refractivity contribution < 1.29 is 14.3 Å². The molecule has 1 N–H and O–H groups in total. The van der Waals surface area contributed by atoms with Gasteiger partial charge in [0, 0.05) is 20.1 Å². The molecule has 0 bridgehead atoms. The number of hydrogen-bond donors (Lipinski definition) is 1. The molecule has 4 heteroatoms. The minimum atomic E-state index is -0.436. The SMILES string of the molecule is [CH2]C(Cc1cccc2ccccc12)C(=O)NCC(OC)OC. The highest BCUT2D eigenvalue weighted by atomic mass is 16.7. The van der Waals surface area contributed by atoms with E-state index in [0.717, 1.165) is 10.9 Å². The number of nitrogens with one attached hydrogen (secondary N) is 1. The van der Waals surface area contributed by atoms with Gasteiger partial charge in [-0.1, -0.05) is 42.5 Å². The second kappa shape index (κ2) is 7.92. The molecule has 22 heavy (non-hydrogen) atoms.